The molecule has 0 amide bonds. The molecule has 0 aliphatic carbocycles. The molecule has 0 aliphatic rings. The predicted octanol–water partition coefficient (Wildman–Crippen LogP) is 1.89. The Hall–Kier alpha value is -2.31. The molecule has 2 heterocycles. The van der Waals surface area contributed by atoms with E-state index in [9.17, 15) is 0 Å². The van der Waals surface area contributed by atoms with E-state index in [0.29, 0.717) is 29.0 Å². The number of nitrogens with one attached hydrogen (secondary N) is 1. The minimum Gasteiger partial charge on any atom is -0.473 e. The number of aryl methyl sites for hydroxylation is 1. The maximum Gasteiger partial charge on any atom is 0.242 e. The van der Waals surface area contributed by atoms with E-state index in [4.69, 9.17) is 15.0 Å². The summed E-state index contributed by atoms with van der Waals surface area (Å²) < 4.78 is 10.4. The monoisotopic (exact) mass is 249 g/mol. The van der Waals surface area contributed by atoms with Crippen molar-refractivity contribution >= 4 is 17.3 Å². The van der Waals surface area contributed by atoms with Gasteiger partial charge in [0.05, 0.1) is 6.10 Å². The normalized spacial score (nSPS) is 10.7. The lowest BCUT2D eigenvalue weighted by Gasteiger charge is -2.12. The standard InChI is InChI=1S/C11H15N5O2/c1-6(2)17-11-9(12)10(13-5-14-11)15-8-4-7(3)18-16-8/h4-6H,12H2,1-3H3,(H,13,14,15,16). The van der Waals surface area contributed by atoms with Crippen LogP contribution in [-0.2, 0) is 0 Å². The zero-order valence-electron chi connectivity index (χ0n) is 10.5. The second-order valence-corrected chi connectivity index (χ2v) is 4.06. The van der Waals surface area contributed by atoms with Crippen molar-refractivity contribution in [3.63, 3.8) is 0 Å². The lowest BCUT2D eigenvalue weighted by Crippen LogP contribution is -2.10. The topological polar surface area (TPSA) is 99.1 Å². The van der Waals surface area contributed by atoms with Crippen LogP contribution in [0.15, 0.2) is 16.9 Å². The molecule has 0 fully saturated rings. The summed E-state index contributed by atoms with van der Waals surface area (Å²) in [6.45, 7) is 5.60. The molecule has 0 bridgehead atoms. The third kappa shape index (κ3) is 2.68. The first-order chi connectivity index (χ1) is 8.56. The molecule has 18 heavy (non-hydrogen) atoms. The molecule has 0 spiro atoms. The third-order valence-corrected chi connectivity index (χ3v) is 2.07. The molecule has 2 aromatic heterocycles. The van der Waals surface area contributed by atoms with E-state index >= 15 is 0 Å². The van der Waals surface area contributed by atoms with Gasteiger partial charge >= 0.3 is 0 Å². The number of nitrogen functional groups attached to an aromatic ring is 1. The van der Waals surface area contributed by atoms with Crippen molar-refractivity contribution in [3.05, 3.63) is 18.2 Å². The van der Waals surface area contributed by atoms with Crippen LogP contribution in [0.4, 0.5) is 17.3 Å². The molecular formula is C11H15N5O2. The lowest BCUT2D eigenvalue weighted by molar-refractivity contribution is 0.234. The van der Waals surface area contributed by atoms with E-state index < -0.39 is 0 Å². The molecule has 0 atom stereocenters. The highest BCUT2D eigenvalue weighted by molar-refractivity contribution is 5.70. The Kier molecular flexibility index (Phi) is 3.31. The molecule has 7 heteroatoms. The largest absolute Gasteiger partial charge is 0.473 e. The molecule has 0 unspecified atom stereocenters. The fourth-order valence-corrected chi connectivity index (χ4v) is 1.34. The van der Waals surface area contributed by atoms with Crippen LogP contribution in [0, 0.1) is 6.92 Å². The van der Waals surface area contributed by atoms with Gasteiger partial charge in [-0.1, -0.05) is 5.16 Å². The molecule has 2 aromatic rings. The van der Waals surface area contributed by atoms with E-state index in [0.717, 1.165) is 0 Å². The summed E-state index contributed by atoms with van der Waals surface area (Å²) in [5.74, 6) is 2.02. The van der Waals surface area contributed by atoms with Crippen LogP contribution < -0.4 is 15.8 Å². The van der Waals surface area contributed by atoms with Crippen molar-refractivity contribution in [2.24, 2.45) is 0 Å². The van der Waals surface area contributed by atoms with E-state index in [1.165, 1.54) is 6.33 Å². The number of ether oxygens (including phenoxy) is 1. The van der Waals surface area contributed by atoms with Gasteiger partial charge in [0.1, 0.15) is 17.8 Å². The Morgan fingerprint density at radius 2 is 2.17 bits per heavy atom. The summed E-state index contributed by atoms with van der Waals surface area (Å²) in [5, 5.41) is 6.75. The highest BCUT2D eigenvalue weighted by Gasteiger charge is 2.12. The zero-order valence-corrected chi connectivity index (χ0v) is 10.5. The highest BCUT2D eigenvalue weighted by Crippen LogP contribution is 2.27. The Morgan fingerprint density at radius 3 is 2.78 bits per heavy atom. The molecule has 0 radical (unpaired) electrons. The fraction of sp³-hybridized carbons (Fsp3) is 0.364. The second kappa shape index (κ2) is 4.91. The number of hydrogen-bond donors (Lipinski definition) is 2. The Labute approximate surface area is 104 Å². The summed E-state index contributed by atoms with van der Waals surface area (Å²) in [6.07, 6.45) is 1.37. The quantitative estimate of drug-likeness (QED) is 0.853. The number of hydrogen-bond acceptors (Lipinski definition) is 7. The maximum absolute atomic E-state index is 5.92. The van der Waals surface area contributed by atoms with Crippen molar-refractivity contribution in [2.75, 3.05) is 11.1 Å². The number of rotatable bonds is 4. The zero-order chi connectivity index (χ0) is 13.1. The lowest BCUT2D eigenvalue weighted by atomic mass is 10.4. The van der Waals surface area contributed by atoms with Gasteiger partial charge in [-0.05, 0) is 20.8 Å². The van der Waals surface area contributed by atoms with Gasteiger partial charge < -0.3 is 20.3 Å². The molecule has 0 aromatic carbocycles. The highest BCUT2D eigenvalue weighted by atomic mass is 16.5. The summed E-state index contributed by atoms with van der Waals surface area (Å²) >= 11 is 0. The summed E-state index contributed by atoms with van der Waals surface area (Å²) in [4.78, 5) is 8.03. The smallest absolute Gasteiger partial charge is 0.242 e. The molecule has 7 nitrogen and oxygen atoms in total. The van der Waals surface area contributed by atoms with Crippen molar-refractivity contribution in [1.82, 2.24) is 15.1 Å². The minimum absolute atomic E-state index is 0.00987. The van der Waals surface area contributed by atoms with Crippen molar-refractivity contribution in [2.45, 2.75) is 26.9 Å². The molecule has 3 N–H and O–H groups in total. The van der Waals surface area contributed by atoms with E-state index in [-0.39, 0.29) is 6.10 Å². The van der Waals surface area contributed by atoms with E-state index in [1.807, 2.05) is 13.8 Å². The van der Waals surface area contributed by atoms with Gasteiger partial charge in [-0.25, -0.2) is 4.98 Å². The van der Waals surface area contributed by atoms with Gasteiger partial charge in [-0.15, -0.1) is 0 Å². The molecule has 0 aliphatic heterocycles. The number of nitrogens with zero attached hydrogens (tertiary/aromatic N) is 3. The maximum atomic E-state index is 5.92. The van der Waals surface area contributed by atoms with Gasteiger partial charge in [0.25, 0.3) is 0 Å². The molecule has 0 saturated carbocycles. The number of nitrogens with two attached hydrogens (primary N) is 1. The average Bonchev–Trinajstić information content (AvgIpc) is 2.69. The van der Waals surface area contributed by atoms with Crippen LogP contribution >= 0.6 is 0 Å². The molecule has 0 saturated heterocycles. The fourth-order valence-electron chi connectivity index (χ4n) is 1.34. The van der Waals surface area contributed by atoms with Gasteiger partial charge in [0, 0.05) is 6.07 Å². The van der Waals surface area contributed by atoms with Crippen molar-refractivity contribution in [3.8, 4) is 5.88 Å². The summed E-state index contributed by atoms with van der Waals surface area (Å²) in [5.41, 5.74) is 6.26. The molecule has 96 valence electrons. The first-order valence-corrected chi connectivity index (χ1v) is 5.53. The van der Waals surface area contributed by atoms with Gasteiger partial charge in [0.2, 0.25) is 5.88 Å². The van der Waals surface area contributed by atoms with Crippen LogP contribution in [0.5, 0.6) is 5.88 Å². The molecule has 2 rings (SSSR count). The van der Waals surface area contributed by atoms with E-state index in [2.05, 4.69) is 20.4 Å². The SMILES string of the molecule is Cc1cc(Nc2ncnc(OC(C)C)c2N)no1. The Balaban J connectivity index is 2.23. The van der Waals surface area contributed by atoms with E-state index in [1.54, 1.807) is 13.0 Å². The summed E-state index contributed by atoms with van der Waals surface area (Å²) in [6, 6.07) is 1.74. The van der Waals surface area contributed by atoms with Crippen molar-refractivity contribution < 1.29 is 9.26 Å². The van der Waals surface area contributed by atoms with Crippen LogP contribution in [0.1, 0.15) is 19.6 Å². The number of anilines is 3. The van der Waals surface area contributed by atoms with Gasteiger partial charge in [-0.3, -0.25) is 0 Å². The van der Waals surface area contributed by atoms with Crippen molar-refractivity contribution in [1.29, 1.82) is 0 Å². The van der Waals surface area contributed by atoms with Crippen LogP contribution in [0.3, 0.4) is 0 Å². The predicted molar refractivity (Wildman–Crippen MR) is 66.7 cm³/mol. The second-order valence-electron chi connectivity index (χ2n) is 4.06. The average molecular weight is 249 g/mol. The third-order valence-electron chi connectivity index (χ3n) is 2.07. The first kappa shape index (κ1) is 12.2. The number of aromatic nitrogens is 3. The molecular weight excluding hydrogens is 234 g/mol. The van der Waals surface area contributed by atoms with Crippen LogP contribution in [-0.4, -0.2) is 21.2 Å². The minimum atomic E-state index is -0.00987. The van der Waals surface area contributed by atoms with Gasteiger partial charge in [-0.2, -0.15) is 4.98 Å². The van der Waals surface area contributed by atoms with Gasteiger partial charge in [0.15, 0.2) is 11.6 Å². The van der Waals surface area contributed by atoms with Crippen LogP contribution in [0.2, 0.25) is 0 Å². The Bertz CT molecular complexity index is 538. The first-order valence-electron chi connectivity index (χ1n) is 5.53. The van der Waals surface area contributed by atoms with Crippen LogP contribution in [0.25, 0.3) is 0 Å². The Morgan fingerprint density at radius 1 is 1.39 bits per heavy atom. The summed E-state index contributed by atoms with van der Waals surface area (Å²) in [7, 11) is 0.